The smallest absolute Gasteiger partial charge is 0.252 e. The Morgan fingerprint density at radius 3 is 2.27 bits per heavy atom. The molecule has 0 aromatic carbocycles. The third-order valence-electron chi connectivity index (χ3n) is 4.28. The van der Waals surface area contributed by atoms with Crippen LogP contribution in [0.4, 0.5) is 0 Å². The summed E-state index contributed by atoms with van der Waals surface area (Å²) in [6.45, 7) is 15.1. The number of amides is 2. The van der Waals surface area contributed by atoms with Crippen molar-refractivity contribution in [1.29, 1.82) is 0 Å². The lowest BCUT2D eigenvalue weighted by molar-refractivity contribution is -0.134. The van der Waals surface area contributed by atoms with Crippen molar-refractivity contribution >= 4 is 12.3 Å². The van der Waals surface area contributed by atoms with Gasteiger partial charge in [-0.2, -0.15) is 0 Å². The molecule has 2 aliphatic rings. The molecule has 2 rings (SSSR count). The van der Waals surface area contributed by atoms with Gasteiger partial charge < -0.3 is 10.5 Å². The number of imide groups is 1. The van der Waals surface area contributed by atoms with Crippen LogP contribution in [-0.4, -0.2) is 85.2 Å². The fourth-order valence-electron chi connectivity index (χ4n) is 3.16. The molecule has 7 nitrogen and oxygen atoms in total. The number of likely N-dealkylation sites (tertiary alicyclic amines) is 2. The average molecular weight is 371 g/mol. The first-order valence-corrected chi connectivity index (χ1v) is 9.75. The minimum absolute atomic E-state index is 0.241. The molecular formula is C19H38N4O3. The minimum atomic E-state index is -0.241. The van der Waals surface area contributed by atoms with Crippen molar-refractivity contribution in [1.82, 2.24) is 14.7 Å². The van der Waals surface area contributed by atoms with E-state index in [2.05, 4.69) is 9.80 Å². The van der Waals surface area contributed by atoms with Crippen LogP contribution in [0.2, 0.25) is 0 Å². The Morgan fingerprint density at radius 2 is 1.81 bits per heavy atom. The number of nitrogens with two attached hydrogens (primary N) is 1. The number of rotatable bonds is 8. The highest BCUT2D eigenvalue weighted by atomic mass is 16.5. The van der Waals surface area contributed by atoms with Crippen LogP contribution in [0.25, 0.3) is 0 Å². The highest BCUT2D eigenvalue weighted by molar-refractivity contribution is 5.94. The Bertz CT molecular complexity index is 418. The van der Waals surface area contributed by atoms with E-state index < -0.39 is 0 Å². The van der Waals surface area contributed by atoms with Gasteiger partial charge >= 0.3 is 0 Å². The number of ether oxygens (including phenoxy) is 1. The van der Waals surface area contributed by atoms with Gasteiger partial charge in [0.05, 0.1) is 6.73 Å². The highest BCUT2D eigenvalue weighted by Crippen LogP contribution is 2.30. The summed E-state index contributed by atoms with van der Waals surface area (Å²) < 4.78 is 5.48. The van der Waals surface area contributed by atoms with Gasteiger partial charge in [0.25, 0.3) is 5.91 Å². The predicted octanol–water partition coefficient (Wildman–Crippen LogP) is 1.29. The largest absolute Gasteiger partial charge is 0.366 e. The molecule has 0 aromatic rings. The second kappa shape index (κ2) is 14.8. The Kier molecular flexibility index (Phi) is 14.1. The number of nitrogens with zero attached hydrogens (tertiary/aromatic N) is 3. The van der Waals surface area contributed by atoms with E-state index in [0.29, 0.717) is 31.8 Å². The number of allylic oxidation sites excluding steroid dienone is 1. The number of hydrogen-bond donors (Lipinski definition) is 1. The van der Waals surface area contributed by atoms with E-state index >= 15 is 0 Å². The second-order valence-corrected chi connectivity index (χ2v) is 5.98. The minimum Gasteiger partial charge on any atom is -0.366 e. The molecule has 0 aliphatic carbocycles. The topological polar surface area (TPSA) is 79.1 Å². The van der Waals surface area contributed by atoms with E-state index in [4.69, 9.17) is 10.5 Å². The normalized spacial score (nSPS) is 21.8. The number of carbonyl (C=O) groups excluding carboxylic acids is 2. The first-order chi connectivity index (χ1) is 12.6. The molecule has 0 spiro atoms. The first kappa shape index (κ1) is 24.7. The number of carbonyl (C=O) groups is 2. The van der Waals surface area contributed by atoms with Crippen LogP contribution >= 0.6 is 0 Å². The average Bonchev–Trinajstić information content (AvgIpc) is 3.23. The second-order valence-electron chi connectivity index (χ2n) is 5.98. The van der Waals surface area contributed by atoms with Crippen molar-refractivity contribution in [3.8, 4) is 0 Å². The van der Waals surface area contributed by atoms with Gasteiger partial charge in [-0.3, -0.25) is 24.3 Å². The highest BCUT2D eigenvalue weighted by Gasteiger charge is 2.42. The Balaban J connectivity index is 0.00000113. The molecule has 2 fully saturated rings. The lowest BCUT2D eigenvalue weighted by atomic mass is 10.2. The van der Waals surface area contributed by atoms with Gasteiger partial charge in [-0.1, -0.05) is 26.8 Å². The molecule has 26 heavy (non-hydrogen) atoms. The molecule has 2 N–H and O–H groups in total. The fourth-order valence-corrected chi connectivity index (χ4v) is 3.16. The summed E-state index contributed by atoms with van der Waals surface area (Å²) in [5, 5.41) is 0. The van der Waals surface area contributed by atoms with Crippen molar-refractivity contribution in [2.75, 3.05) is 46.1 Å². The Labute approximate surface area is 159 Å². The number of piperazine rings is 1. The third-order valence-corrected chi connectivity index (χ3v) is 4.28. The van der Waals surface area contributed by atoms with Crippen LogP contribution in [0.15, 0.2) is 12.2 Å². The lowest BCUT2D eigenvalue weighted by Gasteiger charge is -2.34. The summed E-state index contributed by atoms with van der Waals surface area (Å²) in [6, 6.07) is 1.08. The molecule has 7 heteroatoms. The molecule has 0 saturated carbocycles. The van der Waals surface area contributed by atoms with E-state index in [0.717, 1.165) is 39.2 Å². The van der Waals surface area contributed by atoms with Gasteiger partial charge in [0.15, 0.2) is 0 Å². The van der Waals surface area contributed by atoms with Crippen molar-refractivity contribution in [2.45, 2.75) is 53.1 Å². The molecule has 2 amide bonds. The summed E-state index contributed by atoms with van der Waals surface area (Å²) in [6.07, 6.45) is 4.87. The molecule has 2 unspecified atom stereocenters. The zero-order chi connectivity index (χ0) is 19.9. The summed E-state index contributed by atoms with van der Waals surface area (Å²) in [5.74, 6) is -0.241. The lowest BCUT2D eigenvalue weighted by Crippen LogP contribution is -2.49. The van der Waals surface area contributed by atoms with Gasteiger partial charge in [0.1, 0.15) is 0 Å². The van der Waals surface area contributed by atoms with Crippen molar-refractivity contribution in [3.63, 3.8) is 0 Å². The predicted molar refractivity (Wildman–Crippen MR) is 106 cm³/mol. The third kappa shape index (κ3) is 7.95. The quantitative estimate of drug-likeness (QED) is 0.512. The van der Waals surface area contributed by atoms with Crippen LogP contribution in [0, 0.1) is 0 Å². The van der Waals surface area contributed by atoms with E-state index in [1.165, 1.54) is 11.0 Å². The molecule has 2 atom stereocenters. The van der Waals surface area contributed by atoms with E-state index in [1.807, 2.05) is 27.7 Å². The fraction of sp³-hybridized carbons (Fsp3) is 0.789. The van der Waals surface area contributed by atoms with Gasteiger partial charge in [-0.15, -0.1) is 0 Å². The zero-order valence-electron chi connectivity index (χ0n) is 17.2. The summed E-state index contributed by atoms with van der Waals surface area (Å²) in [4.78, 5) is 28.7. The zero-order valence-corrected chi connectivity index (χ0v) is 17.2. The summed E-state index contributed by atoms with van der Waals surface area (Å²) >= 11 is 0. The molecule has 0 radical (unpaired) electrons. The maximum absolute atomic E-state index is 11.7. The summed E-state index contributed by atoms with van der Waals surface area (Å²) in [7, 11) is 0. The Hall–Kier alpha value is -1.28. The van der Waals surface area contributed by atoms with Crippen LogP contribution in [0.5, 0.6) is 0 Å². The van der Waals surface area contributed by atoms with Crippen LogP contribution < -0.4 is 5.73 Å². The number of fused-ring (bicyclic) bond motifs is 2. The monoisotopic (exact) mass is 370 g/mol. The van der Waals surface area contributed by atoms with E-state index in [-0.39, 0.29) is 5.91 Å². The van der Waals surface area contributed by atoms with Crippen LogP contribution in [0.3, 0.4) is 0 Å². The first-order valence-electron chi connectivity index (χ1n) is 9.75. The number of hydrogen-bond acceptors (Lipinski definition) is 6. The van der Waals surface area contributed by atoms with Gasteiger partial charge in [0, 0.05) is 44.9 Å². The van der Waals surface area contributed by atoms with Gasteiger partial charge in [-0.25, -0.2) is 0 Å². The van der Waals surface area contributed by atoms with E-state index in [1.54, 1.807) is 13.0 Å². The Morgan fingerprint density at radius 1 is 1.23 bits per heavy atom. The van der Waals surface area contributed by atoms with Crippen molar-refractivity contribution in [2.24, 2.45) is 5.73 Å². The summed E-state index contributed by atoms with van der Waals surface area (Å²) in [5.41, 5.74) is 4.85. The van der Waals surface area contributed by atoms with E-state index in [9.17, 15) is 9.59 Å². The maximum atomic E-state index is 11.7. The molecular weight excluding hydrogens is 332 g/mol. The van der Waals surface area contributed by atoms with Crippen molar-refractivity contribution < 1.29 is 14.3 Å². The standard InChI is InChI=1S/C15H25N3O3.C2H7N.C2H6/c1-3-5-15(20)17(11-19)7-6-16-9-14-8-13(16)10-18(14)12-21-4-2;1-2-3;1-2/h3,5,11,13-14H,4,6-10,12H2,1-2H3;2-3H2,1H3;1-2H3/b5-3-;;. The molecule has 2 saturated heterocycles. The molecule has 152 valence electrons. The molecule has 2 aliphatic heterocycles. The van der Waals surface area contributed by atoms with Crippen LogP contribution in [0.1, 0.15) is 41.0 Å². The molecule has 0 aromatic heterocycles. The van der Waals surface area contributed by atoms with Gasteiger partial charge in [0.2, 0.25) is 6.41 Å². The van der Waals surface area contributed by atoms with Crippen molar-refractivity contribution in [3.05, 3.63) is 12.2 Å². The maximum Gasteiger partial charge on any atom is 0.252 e. The van der Waals surface area contributed by atoms with Gasteiger partial charge in [-0.05, 0) is 32.9 Å². The van der Waals surface area contributed by atoms with Crippen LogP contribution in [-0.2, 0) is 14.3 Å². The molecule has 2 bridgehead atoms. The molecule has 2 heterocycles. The SMILES string of the molecule is C/C=C\C(=O)N(C=O)CCN1CC2CC1CN2COCC.CC.CCN.